The highest BCUT2D eigenvalue weighted by molar-refractivity contribution is 5.72. The van der Waals surface area contributed by atoms with Crippen LogP contribution in [0.1, 0.15) is 130 Å². The smallest absolute Gasteiger partial charge is 0.128 e. The van der Waals surface area contributed by atoms with Crippen LogP contribution >= 0.6 is 0 Å². The molecule has 4 rings (SSSR count). The zero-order chi connectivity index (χ0) is 44.8. The van der Waals surface area contributed by atoms with Gasteiger partial charge in [0.1, 0.15) is 23.4 Å². The van der Waals surface area contributed by atoms with Crippen LogP contribution in [0.2, 0.25) is 0 Å². The molecule has 1 heterocycles. The molecule has 1 N–H and O–H groups in total. The van der Waals surface area contributed by atoms with Crippen LogP contribution in [0.5, 0.6) is 11.5 Å². The largest absolute Gasteiger partial charge is 0.497 e. The lowest BCUT2D eigenvalue weighted by atomic mass is 9.76. The van der Waals surface area contributed by atoms with Crippen molar-refractivity contribution in [3.63, 3.8) is 0 Å². The van der Waals surface area contributed by atoms with Crippen LogP contribution in [0.25, 0.3) is 0 Å². The molecular formula is C55H80N2O4. The van der Waals surface area contributed by atoms with Crippen LogP contribution < -0.4 is 19.7 Å². The van der Waals surface area contributed by atoms with E-state index in [0.29, 0.717) is 6.61 Å². The van der Waals surface area contributed by atoms with E-state index in [2.05, 4.69) is 165 Å². The summed E-state index contributed by atoms with van der Waals surface area (Å²) in [5.41, 5.74) is 8.86. The Morgan fingerprint density at radius 3 is 2.26 bits per heavy atom. The number of allylic oxidation sites excluding steroid dienone is 9. The summed E-state index contributed by atoms with van der Waals surface area (Å²) < 4.78 is 24.0. The Morgan fingerprint density at radius 2 is 1.62 bits per heavy atom. The van der Waals surface area contributed by atoms with Gasteiger partial charge in [0.05, 0.1) is 14.2 Å². The van der Waals surface area contributed by atoms with Crippen LogP contribution in [0.15, 0.2) is 120 Å². The maximum Gasteiger partial charge on any atom is 0.128 e. The molecule has 0 aromatic heterocycles. The minimum Gasteiger partial charge on any atom is -0.497 e. The van der Waals surface area contributed by atoms with Gasteiger partial charge < -0.3 is 29.2 Å². The van der Waals surface area contributed by atoms with E-state index < -0.39 is 0 Å². The Balaban J connectivity index is 1.71. The Hall–Kier alpha value is -4.42. The van der Waals surface area contributed by atoms with Crippen molar-refractivity contribution < 1.29 is 18.9 Å². The number of nitrogens with zero attached hydrogens (tertiary/aromatic N) is 1. The molecule has 6 heteroatoms. The first kappa shape index (κ1) is 49.2. The summed E-state index contributed by atoms with van der Waals surface area (Å²) in [7, 11) is 5.23. The van der Waals surface area contributed by atoms with Crippen molar-refractivity contribution in [2.24, 2.45) is 11.3 Å². The van der Waals surface area contributed by atoms with Crippen LogP contribution in [-0.2, 0) is 20.3 Å². The van der Waals surface area contributed by atoms with Crippen LogP contribution in [-0.4, -0.2) is 47.1 Å². The lowest BCUT2D eigenvalue weighted by Crippen LogP contribution is -2.31. The minimum atomic E-state index is -0.268. The van der Waals surface area contributed by atoms with Crippen LogP contribution in [0.4, 0.5) is 5.69 Å². The first-order valence-corrected chi connectivity index (χ1v) is 22.8. The monoisotopic (exact) mass is 833 g/mol. The molecule has 0 radical (unpaired) electrons. The van der Waals surface area contributed by atoms with Crippen LogP contribution in [0.3, 0.4) is 0 Å². The number of benzene rings is 2. The van der Waals surface area contributed by atoms with Crippen molar-refractivity contribution in [2.75, 3.05) is 45.9 Å². The third kappa shape index (κ3) is 12.8. The van der Waals surface area contributed by atoms with Crippen molar-refractivity contribution in [1.82, 2.24) is 5.32 Å². The lowest BCUT2D eigenvalue weighted by molar-refractivity contribution is 0.0609. The normalized spacial score (nSPS) is 18.0. The first-order valence-electron chi connectivity index (χ1n) is 22.8. The summed E-state index contributed by atoms with van der Waals surface area (Å²) >= 11 is 0. The molecule has 0 bridgehead atoms. The van der Waals surface area contributed by atoms with Gasteiger partial charge in [-0.2, -0.15) is 0 Å². The molecule has 1 atom stereocenters. The van der Waals surface area contributed by atoms with Gasteiger partial charge in [-0.05, 0) is 147 Å². The second-order valence-corrected chi connectivity index (χ2v) is 19.1. The second kappa shape index (κ2) is 22.6. The van der Waals surface area contributed by atoms with E-state index in [9.17, 15) is 0 Å². The summed E-state index contributed by atoms with van der Waals surface area (Å²) in [5, 5.41) is 3.63. The average Bonchev–Trinajstić information content (AvgIpc) is 3.45. The van der Waals surface area contributed by atoms with Crippen LogP contribution in [0, 0.1) is 18.3 Å². The fourth-order valence-corrected chi connectivity index (χ4v) is 8.92. The van der Waals surface area contributed by atoms with Gasteiger partial charge in [0.25, 0.3) is 0 Å². The highest BCUT2D eigenvalue weighted by atomic mass is 16.5. The average molecular weight is 833 g/mol. The first-order chi connectivity index (χ1) is 29.0. The predicted octanol–water partition coefficient (Wildman–Crippen LogP) is 13.8. The summed E-state index contributed by atoms with van der Waals surface area (Å²) in [6, 6.07) is 12.8. The number of ether oxygens (including phenoxy) is 4. The predicted molar refractivity (Wildman–Crippen MR) is 260 cm³/mol. The molecule has 0 saturated heterocycles. The van der Waals surface area contributed by atoms with Crippen molar-refractivity contribution in [1.29, 1.82) is 0 Å². The van der Waals surface area contributed by atoms with Gasteiger partial charge in [0, 0.05) is 54.4 Å². The van der Waals surface area contributed by atoms with E-state index >= 15 is 0 Å². The summed E-state index contributed by atoms with van der Waals surface area (Å²) in [6.07, 6.45) is 26.9. The van der Waals surface area contributed by atoms with E-state index in [-0.39, 0.29) is 22.3 Å². The third-order valence-electron chi connectivity index (χ3n) is 12.9. The molecule has 61 heavy (non-hydrogen) atoms. The van der Waals surface area contributed by atoms with Gasteiger partial charge in [-0.15, -0.1) is 0 Å². The van der Waals surface area contributed by atoms with Gasteiger partial charge in [-0.3, -0.25) is 0 Å². The number of aryl methyl sites for hydroxylation is 1. The molecule has 2 aliphatic rings. The number of hydrogen-bond acceptors (Lipinski definition) is 6. The Morgan fingerprint density at radius 1 is 0.934 bits per heavy atom. The molecule has 1 unspecified atom stereocenters. The summed E-state index contributed by atoms with van der Waals surface area (Å²) in [4.78, 5) is 2.46. The summed E-state index contributed by atoms with van der Waals surface area (Å²) in [5.74, 6) is 3.40. The number of fused-ring (bicyclic) bond motifs is 1. The topological polar surface area (TPSA) is 52.2 Å². The molecule has 0 spiro atoms. The molecule has 1 aliphatic heterocycles. The standard InChI is InChI=1S/C55H80N2O4/c1-15-43(33-34-56-39-42-24-18-17-19-25-42)52(53(5,6)7)61-50(16-2)44(26-21-20-23-41(4)54(8,9)47-37-45(59-13)29-27-40(47)3)28-32-51-55(10,11)48-38-46(60-14)30-31-49(48)57(51)35-22-36-58-12/h15-16,20,23,27-34,37-38,42,52,56H,4,17-19,21-22,24-26,35-36,39H2,1-3,5-14H3/b23-20+,34-33-,43-15+,44-28+,50-16+,51-32+. The van der Waals surface area contributed by atoms with Crippen molar-refractivity contribution in [3.05, 3.63) is 137 Å². The van der Waals surface area contributed by atoms with Crippen molar-refractivity contribution >= 4 is 5.69 Å². The molecule has 334 valence electrons. The van der Waals surface area contributed by atoms with Gasteiger partial charge in [0.15, 0.2) is 0 Å². The molecule has 1 saturated carbocycles. The van der Waals surface area contributed by atoms with E-state index in [1.54, 1.807) is 21.3 Å². The maximum absolute atomic E-state index is 7.23. The Kier molecular flexibility index (Phi) is 18.2. The van der Waals surface area contributed by atoms with Gasteiger partial charge in [0.2, 0.25) is 0 Å². The zero-order valence-corrected chi connectivity index (χ0v) is 40.3. The molecule has 1 aliphatic carbocycles. The third-order valence-corrected chi connectivity index (χ3v) is 12.9. The van der Waals surface area contributed by atoms with E-state index in [0.717, 1.165) is 72.2 Å². The minimum absolute atomic E-state index is 0.166. The fourth-order valence-electron chi connectivity index (χ4n) is 8.92. The van der Waals surface area contributed by atoms with E-state index in [4.69, 9.17) is 18.9 Å². The molecule has 1 fully saturated rings. The number of anilines is 1. The lowest BCUT2D eigenvalue weighted by Gasteiger charge is -2.34. The highest BCUT2D eigenvalue weighted by Gasteiger charge is 2.40. The Bertz CT molecular complexity index is 1940. The molecule has 6 nitrogen and oxygen atoms in total. The van der Waals surface area contributed by atoms with Gasteiger partial charge in [-0.1, -0.05) is 105 Å². The number of rotatable bonds is 21. The molecule has 2 aromatic rings. The molecule has 2 aromatic carbocycles. The zero-order valence-electron chi connectivity index (χ0n) is 40.3. The highest BCUT2D eigenvalue weighted by Crippen LogP contribution is 2.49. The SMILES string of the molecule is C=C(/C=C/CCC(=C\C=C1\N(CCCOC)c2ccc(OC)cc2C1(C)C)/C(=C\C)OC(C(/C=C\NCC1CCCCC1)=C/C)C(C)(C)C)C(C)(C)c1cc(OC)ccc1C. The molecular weight excluding hydrogens is 753 g/mol. The second-order valence-electron chi connectivity index (χ2n) is 19.1. The number of nitrogens with one attached hydrogen (secondary N) is 1. The Labute approximate surface area is 371 Å². The quantitative estimate of drug-likeness (QED) is 0.0768. The van der Waals surface area contributed by atoms with Crippen molar-refractivity contribution in [3.8, 4) is 11.5 Å². The number of hydrogen-bond donors (Lipinski definition) is 1. The number of methoxy groups -OCH3 is 3. The fraction of sp³-hybridized carbons (Fsp3) is 0.527. The van der Waals surface area contributed by atoms with Crippen molar-refractivity contribution in [2.45, 2.75) is 138 Å². The maximum atomic E-state index is 7.23. The molecule has 0 amide bonds. The summed E-state index contributed by atoms with van der Waals surface area (Å²) in [6.45, 7) is 29.5. The van der Waals surface area contributed by atoms with Gasteiger partial charge >= 0.3 is 0 Å². The van der Waals surface area contributed by atoms with E-state index in [1.807, 2.05) is 6.07 Å². The van der Waals surface area contributed by atoms with E-state index in [1.165, 1.54) is 60.2 Å². The van der Waals surface area contributed by atoms with Gasteiger partial charge in [-0.25, -0.2) is 0 Å².